The molecule has 1 saturated carbocycles. The van der Waals surface area contributed by atoms with E-state index in [2.05, 4.69) is 15.3 Å². The summed E-state index contributed by atoms with van der Waals surface area (Å²) in [7, 11) is 0. The smallest absolute Gasteiger partial charge is 0.193 e. The second kappa shape index (κ2) is 6.70. The third-order valence-electron chi connectivity index (χ3n) is 3.36. The van der Waals surface area contributed by atoms with Gasteiger partial charge in [0.25, 0.3) is 0 Å². The van der Waals surface area contributed by atoms with Crippen LogP contribution in [-0.4, -0.2) is 17.3 Å². The standard InChI is InChI=1S/C14H18N6/c15-12-8-4-7-11(12)13(16)14(19-20-17)18-9-10-5-2-1-3-6-10/h1-3,5-6,11,15-16H,4,7-9H2,(H2,17,18,19). The first kappa shape index (κ1) is 14.0. The SMILES string of the molecule is N=C1CCCC1C(=N)C(N=NN)=NCc1ccccc1. The van der Waals surface area contributed by atoms with Gasteiger partial charge in [-0.2, -0.15) is 0 Å². The van der Waals surface area contributed by atoms with Gasteiger partial charge in [-0.25, -0.2) is 0 Å². The zero-order chi connectivity index (χ0) is 14.4. The molecule has 0 bridgehead atoms. The summed E-state index contributed by atoms with van der Waals surface area (Å²) in [6.45, 7) is 0.428. The van der Waals surface area contributed by atoms with Crippen molar-refractivity contribution >= 4 is 17.3 Å². The first-order valence-electron chi connectivity index (χ1n) is 6.58. The minimum atomic E-state index is -0.185. The molecule has 1 aliphatic rings. The van der Waals surface area contributed by atoms with Crippen LogP contribution >= 0.6 is 0 Å². The minimum Gasteiger partial charge on any atom is -0.309 e. The molecule has 1 fully saturated rings. The van der Waals surface area contributed by atoms with Crippen molar-refractivity contribution in [1.82, 2.24) is 0 Å². The van der Waals surface area contributed by atoms with Gasteiger partial charge in [0.15, 0.2) is 5.84 Å². The number of amidine groups is 1. The van der Waals surface area contributed by atoms with E-state index in [9.17, 15) is 0 Å². The fraction of sp³-hybridized carbons (Fsp3) is 0.357. The molecular formula is C14H18N6. The van der Waals surface area contributed by atoms with Crippen LogP contribution in [0.3, 0.4) is 0 Å². The molecule has 2 rings (SSSR count). The number of hydrogen-bond acceptors (Lipinski definition) is 4. The Bertz CT molecular complexity index is 546. The largest absolute Gasteiger partial charge is 0.309 e. The molecule has 6 heteroatoms. The molecule has 1 aromatic rings. The van der Waals surface area contributed by atoms with Gasteiger partial charge in [-0.15, -0.1) is 5.11 Å². The second-order valence-electron chi connectivity index (χ2n) is 4.72. The normalized spacial score (nSPS) is 19.7. The molecule has 0 spiro atoms. The molecule has 0 aromatic heterocycles. The summed E-state index contributed by atoms with van der Waals surface area (Å²) in [5.74, 6) is 5.14. The Morgan fingerprint density at radius 3 is 2.65 bits per heavy atom. The molecule has 4 N–H and O–H groups in total. The number of rotatable bonds is 4. The van der Waals surface area contributed by atoms with Gasteiger partial charge in [-0.1, -0.05) is 35.6 Å². The molecule has 0 aliphatic heterocycles. The molecule has 0 saturated heterocycles. The van der Waals surface area contributed by atoms with Crippen LogP contribution in [0.2, 0.25) is 0 Å². The monoisotopic (exact) mass is 270 g/mol. The maximum Gasteiger partial charge on any atom is 0.193 e. The topological polar surface area (TPSA) is 111 Å². The highest BCUT2D eigenvalue weighted by atomic mass is 15.3. The average Bonchev–Trinajstić information content (AvgIpc) is 2.90. The van der Waals surface area contributed by atoms with E-state index in [-0.39, 0.29) is 17.5 Å². The molecule has 0 radical (unpaired) electrons. The maximum atomic E-state index is 8.16. The zero-order valence-electron chi connectivity index (χ0n) is 11.2. The molecule has 0 amide bonds. The summed E-state index contributed by atoms with van der Waals surface area (Å²) in [5.41, 5.74) is 1.86. The van der Waals surface area contributed by atoms with Gasteiger partial charge in [0.1, 0.15) is 0 Å². The lowest BCUT2D eigenvalue weighted by molar-refractivity contribution is 0.812. The van der Waals surface area contributed by atoms with Gasteiger partial charge in [0, 0.05) is 11.6 Å². The maximum absolute atomic E-state index is 8.16. The van der Waals surface area contributed by atoms with E-state index >= 15 is 0 Å². The van der Waals surface area contributed by atoms with Crippen LogP contribution in [0.4, 0.5) is 0 Å². The number of nitrogens with two attached hydrogens (primary N) is 1. The molecule has 6 nitrogen and oxygen atoms in total. The van der Waals surface area contributed by atoms with Gasteiger partial charge in [0.2, 0.25) is 0 Å². The number of nitrogens with one attached hydrogen (secondary N) is 2. The summed E-state index contributed by atoms with van der Waals surface area (Å²) in [6, 6.07) is 9.74. The van der Waals surface area contributed by atoms with Crippen LogP contribution in [0.25, 0.3) is 0 Å². The highest BCUT2D eigenvalue weighted by Gasteiger charge is 2.28. The second-order valence-corrected chi connectivity index (χ2v) is 4.72. The molecule has 1 aliphatic carbocycles. The van der Waals surface area contributed by atoms with E-state index in [1.807, 2.05) is 30.3 Å². The Balaban J connectivity index is 2.14. The first-order valence-corrected chi connectivity index (χ1v) is 6.58. The molecule has 0 heterocycles. The van der Waals surface area contributed by atoms with E-state index in [0.29, 0.717) is 12.3 Å². The molecular weight excluding hydrogens is 252 g/mol. The van der Waals surface area contributed by atoms with Crippen LogP contribution in [0.15, 0.2) is 45.7 Å². The van der Waals surface area contributed by atoms with Crippen molar-refractivity contribution in [3.8, 4) is 0 Å². The van der Waals surface area contributed by atoms with E-state index in [4.69, 9.17) is 16.7 Å². The van der Waals surface area contributed by atoms with Crippen molar-refractivity contribution in [2.75, 3.05) is 0 Å². The van der Waals surface area contributed by atoms with E-state index < -0.39 is 0 Å². The third kappa shape index (κ3) is 3.34. The summed E-state index contributed by atoms with van der Waals surface area (Å²) in [4.78, 5) is 4.32. The lowest BCUT2D eigenvalue weighted by Crippen LogP contribution is -2.24. The number of aliphatic imine (C=N–C) groups is 1. The quantitative estimate of drug-likeness (QED) is 0.252. The Morgan fingerprint density at radius 1 is 1.30 bits per heavy atom. The molecule has 104 valence electrons. The van der Waals surface area contributed by atoms with Crippen molar-refractivity contribution in [3.63, 3.8) is 0 Å². The van der Waals surface area contributed by atoms with Gasteiger partial charge in [0.05, 0.1) is 12.3 Å². The van der Waals surface area contributed by atoms with Crippen LogP contribution < -0.4 is 5.84 Å². The van der Waals surface area contributed by atoms with Crippen molar-refractivity contribution < 1.29 is 0 Å². The van der Waals surface area contributed by atoms with Gasteiger partial charge in [-0.05, 0) is 24.8 Å². The summed E-state index contributed by atoms with van der Waals surface area (Å²) in [5, 5.41) is 23.0. The van der Waals surface area contributed by atoms with E-state index in [0.717, 1.165) is 24.8 Å². The van der Waals surface area contributed by atoms with E-state index in [1.165, 1.54) is 0 Å². The highest BCUT2D eigenvalue weighted by molar-refractivity contribution is 6.44. The Morgan fingerprint density at radius 2 is 2.05 bits per heavy atom. The lowest BCUT2D eigenvalue weighted by Gasteiger charge is -2.10. The van der Waals surface area contributed by atoms with Crippen LogP contribution in [0.1, 0.15) is 24.8 Å². The molecule has 20 heavy (non-hydrogen) atoms. The Labute approximate surface area is 117 Å². The predicted octanol–water partition coefficient (Wildman–Crippen LogP) is 2.75. The van der Waals surface area contributed by atoms with Crippen molar-refractivity contribution in [2.45, 2.75) is 25.8 Å². The van der Waals surface area contributed by atoms with Crippen LogP contribution in [-0.2, 0) is 6.54 Å². The Kier molecular flexibility index (Phi) is 4.70. The van der Waals surface area contributed by atoms with Crippen LogP contribution in [0.5, 0.6) is 0 Å². The number of benzene rings is 1. The van der Waals surface area contributed by atoms with Crippen molar-refractivity contribution in [1.29, 1.82) is 10.8 Å². The number of nitrogens with zero attached hydrogens (tertiary/aromatic N) is 3. The first-order chi connectivity index (χ1) is 9.72. The summed E-state index contributed by atoms with van der Waals surface area (Å²) < 4.78 is 0. The van der Waals surface area contributed by atoms with Gasteiger partial charge >= 0.3 is 0 Å². The predicted molar refractivity (Wildman–Crippen MR) is 79.4 cm³/mol. The lowest BCUT2D eigenvalue weighted by atomic mass is 9.99. The number of hydrogen-bond donors (Lipinski definition) is 3. The highest BCUT2D eigenvalue weighted by Crippen LogP contribution is 2.23. The van der Waals surface area contributed by atoms with E-state index in [1.54, 1.807) is 0 Å². The minimum absolute atomic E-state index is 0.185. The van der Waals surface area contributed by atoms with Gasteiger partial charge < -0.3 is 16.7 Å². The third-order valence-corrected chi connectivity index (χ3v) is 3.36. The Hall–Kier alpha value is -2.37. The van der Waals surface area contributed by atoms with Crippen LogP contribution in [0, 0.1) is 16.7 Å². The fourth-order valence-corrected chi connectivity index (χ4v) is 2.29. The van der Waals surface area contributed by atoms with Crippen molar-refractivity contribution in [3.05, 3.63) is 35.9 Å². The summed E-state index contributed by atoms with van der Waals surface area (Å²) in [6.07, 6.45) is 2.50. The summed E-state index contributed by atoms with van der Waals surface area (Å²) >= 11 is 0. The molecule has 1 aromatic carbocycles. The average molecular weight is 270 g/mol. The zero-order valence-corrected chi connectivity index (χ0v) is 11.2. The molecule has 1 atom stereocenters. The van der Waals surface area contributed by atoms with Crippen molar-refractivity contribution in [2.24, 2.45) is 27.1 Å². The molecule has 1 unspecified atom stereocenters. The van der Waals surface area contributed by atoms with Gasteiger partial charge in [-0.3, -0.25) is 4.99 Å². The fourth-order valence-electron chi connectivity index (χ4n) is 2.29.